The number of hydrogen-bond donors (Lipinski definition) is 2. The van der Waals surface area contributed by atoms with Gasteiger partial charge in [0.05, 0.1) is 11.0 Å². The molecule has 1 saturated carbocycles. The van der Waals surface area contributed by atoms with Crippen LogP contribution in [0.15, 0.2) is 59.5 Å². The van der Waals surface area contributed by atoms with Crippen LogP contribution >= 0.6 is 0 Å². The first-order chi connectivity index (χ1) is 11.5. The molecule has 2 aromatic rings. The summed E-state index contributed by atoms with van der Waals surface area (Å²) in [5.74, 6) is 0.215. The van der Waals surface area contributed by atoms with Gasteiger partial charge in [0.2, 0.25) is 10.0 Å². The topological polar surface area (TPSA) is 66.4 Å². The van der Waals surface area contributed by atoms with Crippen molar-refractivity contribution in [2.45, 2.75) is 36.7 Å². The summed E-state index contributed by atoms with van der Waals surface area (Å²) in [4.78, 5) is 0.276. The molecule has 0 heterocycles. The molecule has 1 fully saturated rings. The summed E-state index contributed by atoms with van der Waals surface area (Å²) in [6, 6.07) is 16.8. The Hall–Kier alpha value is -1.69. The molecule has 2 unspecified atom stereocenters. The predicted molar refractivity (Wildman–Crippen MR) is 95.0 cm³/mol. The summed E-state index contributed by atoms with van der Waals surface area (Å²) in [5, 5.41) is 9.69. The maximum absolute atomic E-state index is 12.4. The summed E-state index contributed by atoms with van der Waals surface area (Å²) >= 11 is 0. The molecule has 0 aromatic heterocycles. The zero-order valence-corrected chi connectivity index (χ0v) is 14.4. The van der Waals surface area contributed by atoms with E-state index in [9.17, 15) is 13.5 Å². The number of aliphatic hydroxyl groups is 1. The van der Waals surface area contributed by atoms with Crippen molar-refractivity contribution in [3.05, 3.63) is 54.6 Å². The summed E-state index contributed by atoms with van der Waals surface area (Å²) in [5.41, 5.74) is 2.05. The monoisotopic (exact) mass is 345 g/mol. The first-order valence-corrected chi connectivity index (χ1v) is 9.86. The number of hydrogen-bond acceptors (Lipinski definition) is 3. The Bertz CT molecular complexity index is 757. The lowest BCUT2D eigenvalue weighted by Crippen LogP contribution is -2.33. The van der Waals surface area contributed by atoms with Crippen molar-refractivity contribution in [2.24, 2.45) is 5.92 Å². The summed E-state index contributed by atoms with van der Waals surface area (Å²) in [6.45, 7) is 0.389. The van der Waals surface area contributed by atoms with Gasteiger partial charge in [-0.05, 0) is 48.4 Å². The van der Waals surface area contributed by atoms with Crippen molar-refractivity contribution in [1.29, 1.82) is 0 Å². The molecule has 0 radical (unpaired) electrons. The minimum absolute atomic E-state index is 0.215. The van der Waals surface area contributed by atoms with Crippen LogP contribution in [0.4, 0.5) is 0 Å². The molecule has 2 atom stereocenters. The molecule has 0 bridgehead atoms. The molecule has 2 aromatic carbocycles. The lowest BCUT2D eigenvalue weighted by Gasteiger charge is -2.25. The number of nitrogens with one attached hydrogen (secondary N) is 1. The molecular formula is C19H23NO3S. The Labute approximate surface area is 143 Å². The molecule has 2 N–H and O–H groups in total. The second-order valence-corrected chi connectivity index (χ2v) is 8.20. The quantitative estimate of drug-likeness (QED) is 0.875. The van der Waals surface area contributed by atoms with Gasteiger partial charge in [-0.25, -0.2) is 13.1 Å². The van der Waals surface area contributed by atoms with Crippen molar-refractivity contribution >= 4 is 10.0 Å². The smallest absolute Gasteiger partial charge is 0.240 e. The third-order valence-electron chi connectivity index (χ3n) is 4.59. The average Bonchev–Trinajstić information content (AvgIpc) is 2.61. The van der Waals surface area contributed by atoms with Crippen LogP contribution in [0.1, 0.15) is 25.7 Å². The van der Waals surface area contributed by atoms with Gasteiger partial charge in [0.1, 0.15) is 0 Å². The van der Waals surface area contributed by atoms with E-state index in [1.807, 2.05) is 42.5 Å². The fourth-order valence-corrected chi connectivity index (χ4v) is 4.33. The number of aliphatic hydroxyl groups excluding tert-OH is 1. The lowest BCUT2D eigenvalue weighted by atomic mass is 9.87. The Morgan fingerprint density at radius 2 is 1.62 bits per heavy atom. The Morgan fingerprint density at radius 3 is 2.29 bits per heavy atom. The van der Waals surface area contributed by atoms with E-state index in [2.05, 4.69) is 4.72 Å². The zero-order valence-electron chi connectivity index (χ0n) is 13.6. The molecule has 0 aliphatic heterocycles. The maximum atomic E-state index is 12.4. The average molecular weight is 345 g/mol. The van der Waals surface area contributed by atoms with Crippen molar-refractivity contribution in [3.8, 4) is 11.1 Å². The first-order valence-electron chi connectivity index (χ1n) is 8.38. The predicted octanol–water partition coefficient (Wildman–Crippen LogP) is 3.18. The molecule has 1 aliphatic carbocycles. The fourth-order valence-electron chi connectivity index (χ4n) is 3.22. The van der Waals surface area contributed by atoms with E-state index in [1.165, 1.54) is 0 Å². The molecule has 4 nitrogen and oxygen atoms in total. The van der Waals surface area contributed by atoms with Crippen LogP contribution in [-0.4, -0.2) is 26.2 Å². The molecule has 0 spiro atoms. The van der Waals surface area contributed by atoms with Gasteiger partial charge in [0.25, 0.3) is 0 Å². The highest BCUT2D eigenvalue weighted by Gasteiger charge is 2.22. The van der Waals surface area contributed by atoms with Crippen LogP contribution in [0.3, 0.4) is 0 Å². The highest BCUT2D eigenvalue weighted by Crippen LogP contribution is 2.24. The van der Waals surface area contributed by atoms with E-state index in [1.54, 1.807) is 12.1 Å². The van der Waals surface area contributed by atoms with Gasteiger partial charge >= 0.3 is 0 Å². The number of rotatable bonds is 5. The van der Waals surface area contributed by atoms with E-state index in [-0.39, 0.29) is 16.9 Å². The van der Waals surface area contributed by atoms with E-state index >= 15 is 0 Å². The highest BCUT2D eigenvalue weighted by atomic mass is 32.2. The standard InChI is InChI=1S/C19H23NO3S/c21-18-8-4-5-15(13-18)14-20-24(22,23)19-11-9-17(10-12-19)16-6-2-1-3-7-16/h1-3,6-7,9-12,15,18,20-21H,4-5,8,13-14H2. The van der Waals surface area contributed by atoms with Crippen molar-refractivity contribution in [1.82, 2.24) is 4.72 Å². The number of benzene rings is 2. The Morgan fingerprint density at radius 1 is 0.958 bits per heavy atom. The zero-order chi connectivity index (χ0) is 17.0. The van der Waals surface area contributed by atoms with E-state index in [0.717, 1.165) is 30.4 Å². The van der Waals surface area contributed by atoms with E-state index in [4.69, 9.17) is 0 Å². The van der Waals surface area contributed by atoms with Gasteiger partial charge in [-0.15, -0.1) is 0 Å². The van der Waals surface area contributed by atoms with Crippen LogP contribution in [-0.2, 0) is 10.0 Å². The fraction of sp³-hybridized carbons (Fsp3) is 0.368. The second-order valence-electron chi connectivity index (χ2n) is 6.43. The summed E-state index contributed by atoms with van der Waals surface area (Å²) in [6.07, 6.45) is 3.13. The number of sulfonamides is 1. The van der Waals surface area contributed by atoms with Crippen LogP contribution in [0, 0.1) is 5.92 Å². The lowest BCUT2D eigenvalue weighted by molar-refractivity contribution is 0.102. The molecule has 5 heteroatoms. The second kappa shape index (κ2) is 7.47. The molecule has 1 aliphatic rings. The minimum atomic E-state index is -3.51. The van der Waals surface area contributed by atoms with Gasteiger partial charge in [-0.3, -0.25) is 0 Å². The van der Waals surface area contributed by atoms with Gasteiger partial charge < -0.3 is 5.11 Å². The van der Waals surface area contributed by atoms with Gasteiger partial charge in [0, 0.05) is 6.54 Å². The van der Waals surface area contributed by atoms with E-state index < -0.39 is 10.0 Å². The van der Waals surface area contributed by atoms with E-state index in [0.29, 0.717) is 13.0 Å². The Balaban J connectivity index is 1.66. The van der Waals surface area contributed by atoms with Crippen LogP contribution in [0.2, 0.25) is 0 Å². The largest absolute Gasteiger partial charge is 0.393 e. The van der Waals surface area contributed by atoms with Crippen molar-refractivity contribution in [3.63, 3.8) is 0 Å². The molecule has 128 valence electrons. The van der Waals surface area contributed by atoms with Crippen LogP contribution in [0.5, 0.6) is 0 Å². The molecule has 24 heavy (non-hydrogen) atoms. The van der Waals surface area contributed by atoms with Crippen LogP contribution < -0.4 is 4.72 Å². The van der Waals surface area contributed by atoms with Crippen LogP contribution in [0.25, 0.3) is 11.1 Å². The maximum Gasteiger partial charge on any atom is 0.240 e. The highest BCUT2D eigenvalue weighted by molar-refractivity contribution is 7.89. The summed E-state index contributed by atoms with van der Waals surface area (Å²) < 4.78 is 27.5. The van der Waals surface area contributed by atoms with Crippen molar-refractivity contribution < 1.29 is 13.5 Å². The minimum Gasteiger partial charge on any atom is -0.393 e. The third kappa shape index (κ3) is 4.23. The normalized spacial score (nSPS) is 21.5. The summed E-state index contributed by atoms with van der Waals surface area (Å²) in [7, 11) is -3.51. The van der Waals surface area contributed by atoms with Gasteiger partial charge in [0.15, 0.2) is 0 Å². The molecule has 0 amide bonds. The first kappa shape index (κ1) is 17.1. The third-order valence-corrected chi connectivity index (χ3v) is 6.03. The Kier molecular flexibility index (Phi) is 5.33. The molecule has 0 saturated heterocycles. The SMILES string of the molecule is O=S(=O)(NCC1CCCC(O)C1)c1ccc(-c2ccccc2)cc1. The molecular weight excluding hydrogens is 322 g/mol. The van der Waals surface area contributed by atoms with Crippen molar-refractivity contribution in [2.75, 3.05) is 6.54 Å². The molecule has 3 rings (SSSR count). The van der Waals surface area contributed by atoms with Gasteiger partial charge in [-0.2, -0.15) is 0 Å². The van der Waals surface area contributed by atoms with Gasteiger partial charge in [-0.1, -0.05) is 48.9 Å².